The molecule has 0 spiro atoms. The predicted molar refractivity (Wildman–Crippen MR) is 274 cm³/mol. The smallest absolute Gasteiger partial charge is 0.306 e. The highest BCUT2D eigenvalue weighted by Gasteiger charge is 2.31. The number of esters is 3. The van der Waals surface area contributed by atoms with Crippen LogP contribution in [-0.4, -0.2) is 65.9 Å². The molecule has 0 atom stereocenters. The number of pyridine rings is 3. The van der Waals surface area contributed by atoms with E-state index in [0.717, 1.165) is 126 Å². The molecule has 1 fully saturated rings. The van der Waals surface area contributed by atoms with Gasteiger partial charge in [-0.1, -0.05) is 59.3 Å². The first-order valence-corrected chi connectivity index (χ1v) is 26.9. The molecule has 69 heavy (non-hydrogen) atoms. The van der Waals surface area contributed by atoms with Crippen molar-refractivity contribution in [3.8, 4) is 34.2 Å². The average molecular weight is 994 g/mol. The highest BCUT2D eigenvalue weighted by atomic mass is 32.1. The molecule has 1 aliphatic carbocycles. The number of carbonyl (C=O) groups is 3. The van der Waals surface area contributed by atoms with Crippen molar-refractivity contribution in [3.05, 3.63) is 87.8 Å². The molecule has 0 amide bonds. The van der Waals surface area contributed by atoms with Crippen molar-refractivity contribution in [2.24, 2.45) is 0 Å². The minimum absolute atomic E-state index is 0.0455. The number of thiazole rings is 3. The van der Waals surface area contributed by atoms with Gasteiger partial charge in [0.15, 0.2) is 15.4 Å². The van der Waals surface area contributed by atoms with Gasteiger partial charge in [-0.25, -0.2) is 15.0 Å². The molecule has 3 N–H and O–H groups in total. The van der Waals surface area contributed by atoms with Gasteiger partial charge in [0.25, 0.3) is 0 Å². The highest BCUT2D eigenvalue weighted by Crippen LogP contribution is 2.33. The second-order valence-corrected chi connectivity index (χ2v) is 19.9. The first kappa shape index (κ1) is 51.0. The van der Waals surface area contributed by atoms with Crippen LogP contribution in [0.3, 0.4) is 0 Å². The Balaban J connectivity index is 1.02. The Morgan fingerprint density at radius 3 is 1.07 bits per heavy atom. The molecule has 7 rings (SSSR count). The zero-order valence-corrected chi connectivity index (χ0v) is 42.2. The molecule has 0 bridgehead atoms. The van der Waals surface area contributed by atoms with Gasteiger partial charge in [-0.2, -0.15) is 0 Å². The Morgan fingerprint density at radius 2 is 0.783 bits per heavy atom. The molecular formula is C51H63N9O6S3. The summed E-state index contributed by atoms with van der Waals surface area (Å²) in [5, 5.41) is 19.5. The van der Waals surface area contributed by atoms with E-state index >= 15 is 0 Å². The number of nitrogens with one attached hydrogen (secondary N) is 3. The minimum Gasteiger partial charge on any atom is -0.461 e. The predicted octanol–water partition coefficient (Wildman–Crippen LogP) is 12.0. The van der Waals surface area contributed by atoms with Gasteiger partial charge in [0.2, 0.25) is 0 Å². The number of unbranched alkanes of at least 4 members (excludes halogenated alkanes) is 6. The Morgan fingerprint density at radius 1 is 0.478 bits per heavy atom. The molecule has 0 aromatic carbocycles. The molecule has 0 aliphatic heterocycles. The van der Waals surface area contributed by atoms with Crippen LogP contribution < -0.4 is 16.0 Å². The molecule has 6 heterocycles. The molecule has 0 radical (unpaired) electrons. The summed E-state index contributed by atoms with van der Waals surface area (Å²) in [4.78, 5) is 65.4. The third kappa shape index (κ3) is 16.4. The van der Waals surface area contributed by atoms with Crippen LogP contribution >= 0.6 is 34.0 Å². The van der Waals surface area contributed by atoms with E-state index in [-0.39, 0.29) is 55.9 Å². The van der Waals surface area contributed by atoms with Gasteiger partial charge in [0.05, 0.1) is 17.1 Å². The Hall–Kier alpha value is -5.85. The Kier molecular flexibility index (Phi) is 19.8. The topological polar surface area (TPSA) is 192 Å². The number of hydrogen-bond donors (Lipinski definition) is 3. The third-order valence-electron chi connectivity index (χ3n) is 11.6. The van der Waals surface area contributed by atoms with Crippen LogP contribution in [0.1, 0.15) is 134 Å². The minimum atomic E-state index is -0.187. The van der Waals surface area contributed by atoms with Crippen LogP contribution in [0.5, 0.6) is 0 Å². The van der Waals surface area contributed by atoms with Crippen molar-refractivity contribution in [2.75, 3.05) is 16.0 Å². The number of rotatable bonds is 27. The molecule has 366 valence electrons. The van der Waals surface area contributed by atoms with Crippen molar-refractivity contribution < 1.29 is 28.6 Å². The monoisotopic (exact) mass is 993 g/mol. The molecule has 1 saturated carbocycles. The summed E-state index contributed by atoms with van der Waals surface area (Å²) in [6, 6.07) is 11.5. The molecule has 6 aromatic heterocycles. The lowest BCUT2D eigenvalue weighted by Crippen LogP contribution is -2.43. The average Bonchev–Trinajstić information content (AvgIpc) is 4.15. The second-order valence-electron chi connectivity index (χ2n) is 17.3. The van der Waals surface area contributed by atoms with Crippen LogP contribution in [0, 0.1) is 0 Å². The number of anilines is 3. The summed E-state index contributed by atoms with van der Waals surface area (Å²) in [6.07, 6.45) is 17.6. The Labute approximate surface area is 416 Å². The molecule has 0 unspecified atom stereocenters. The first-order chi connectivity index (χ1) is 33.7. The van der Waals surface area contributed by atoms with Crippen molar-refractivity contribution in [2.45, 2.75) is 155 Å². The van der Waals surface area contributed by atoms with Gasteiger partial charge in [-0.15, -0.1) is 34.0 Å². The maximum atomic E-state index is 12.3. The van der Waals surface area contributed by atoms with Gasteiger partial charge < -0.3 is 30.2 Å². The van der Waals surface area contributed by atoms with E-state index in [4.69, 9.17) is 29.2 Å². The fourth-order valence-corrected chi connectivity index (χ4v) is 10.3. The maximum Gasteiger partial charge on any atom is 0.306 e. The number of nitrogens with zero attached hydrogens (tertiary/aromatic N) is 6. The summed E-state index contributed by atoms with van der Waals surface area (Å²) in [6.45, 7) is 6.92. The lowest BCUT2D eigenvalue weighted by molar-refractivity contribution is -0.146. The normalized spacial score (nSPS) is 15.6. The zero-order valence-electron chi connectivity index (χ0n) is 39.7. The molecule has 18 heteroatoms. The van der Waals surface area contributed by atoms with E-state index in [0.29, 0.717) is 36.3 Å². The fraction of sp³-hybridized carbons (Fsp3) is 0.471. The zero-order chi connectivity index (χ0) is 48.2. The number of ether oxygens (including phenoxy) is 3. The van der Waals surface area contributed by atoms with Crippen molar-refractivity contribution in [1.82, 2.24) is 29.9 Å². The fourth-order valence-electron chi connectivity index (χ4n) is 7.95. The van der Waals surface area contributed by atoms with E-state index in [9.17, 15) is 14.4 Å². The summed E-state index contributed by atoms with van der Waals surface area (Å²) in [5.74, 6) is -0.562. The van der Waals surface area contributed by atoms with E-state index in [1.807, 2.05) is 52.5 Å². The highest BCUT2D eigenvalue weighted by molar-refractivity contribution is 7.14. The van der Waals surface area contributed by atoms with Crippen LogP contribution in [0.4, 0.5) is 15.4 Å². The van der Waals surface area contributed by atoms with E-state index in [1.54, 1.807) is 18.6 Å². The summed E-state index contributed by atoms with van der Waals surface area (Å²) < 4.78 is 16.6. The largest absolute Gasteiger partial charge is 0.461 e. The van der Waals surface area contributed by atoms with Crippen LogP contribution in [0.25, 0.3) is 34.2 Å². The van der Waals surface area contributed by atoms with Crippen molar-refractivity contribution >= 4 is 67.3 Å². The van der Waals surface area contributed by atoms with Crippen molar-refractivity contribution in [1.29, 1.82) is 0 Å². The van der Waals surface area contributed by atoms with Gasteiger partial charge in [-0.3, -0.25) is 29.3 Å². The third-order valence-corrected chi connectivity index (χ3v) is 13.9. The molecule has 6 aromatic rings. The Bertz CT molecular complexity index is 2280. The van der Waals surface area contributed by atoms with E-state index < -0.39 is 0 Å². The first-order valence-electron chi connectivity index (χ1n) is 24.2. The summed E-state index contributed by atoms with van der Waals surface area (Å²) in [7, 11) is 0. The van der Waals surface area contributed by atoms with Crippen LogP contribution in [-0.2, 0) is 48.4 Å². The SMILES string of the molecule is CCCCCC(=O)OCc1ccnc(-c2csc(NC3CC(Nc4nc(-c5cc(COC(=O)CCCCC)ccn5)cs4)CC(Nc4nc(-c5cc(COC(=O)CCCCC)ccn5)cs4)C3)n2)c1. The lowest BCUT2D eigenvalue weighted by Gasteiger charge is -2.36. The maximum absolute atomic E-state index is 12.3. The van der Waals surface area contributed by atoms with Crippen LogP contribution in [0.15, 0.2) is 71.1 Å². The van der Waals surface area contributed by atoms with E-state index in [1.165, 1.54) is 34.0 Å². The quantitative estimate of drug-likeness (QED) is 0.0251. The van der Waals surface area contributed by atoms with Gasteiger partial charge in [0, 0.05) is 72.1 Å². The van der Waals surface area contributed by atoms with Gasteiger partial charge in [0.1, 0.15) is 36.9 Å². The summed E-state index contributed by atoms with van der Waals surface area (Å²) >= 11 is 4.58. The molecular weight excluding hydrogens is 931 g/mol. The molecule has 0 saturated heterocycles. The number of aromatic nitrogens is 6. The van der Waals surface area contributed by atoms with Gasteiger partial charge in [-0.05, 0) is 91.6 Å². The van der Waals surface area contributed by atoms with Crippen molar-refractivity contribution in [3.63, 3.8) is 0 Å². The van der Waals surface area contributed by atoms with Gasteiger partial charge >= 0.3 is 17.9 Å². The standard InChI is InChI=1S/C51H63N9O6S3/c1-4-7-10-13-46(61)64-28-34-16-19-52-40(22-34)43-31-67-49(58-43)55-37-25-38(56-50-59-44(32-68-50)41-23-35(17-20-53-41)29-65-47(62)14-11-8-5-2)27-39(26-37)57-51-60-45(33-69-51)42-24-36(18-21-54-42)30-66-48(63)15-12-9-6-3/h16-24,31-33,37-39H,4-15,25-30H2,1-3H3,(H,55,58)(H,56,59)(H,57,60). The summed E-state index contributed by atoms with van der Waals surface area (Å²) in [5.41, 5.74) is 6.97. The second kappa shape index (κ2) is 26.8. The number of carbonyl (C=O) groups excluding carboxylic acids is 3. The lowest BCUT2D eigenvalue weighted by atomic mass is 9.87. The van der Waals surface area contributed by atoms with Crippen LogP contribution in [0.2, 0.25) is 0 Å². The van der Waals surface area contributed by atoms with E-state index in [2.05, 4.69) is 51.7 Å². The molecule has 1 aliphatic rings. The number of hydrogen-bond acceptors (Lipinski definition) is 18. The molecule has 15 nitrogen and oxygen atoms in total.